The van der Waals surface area contributed by atoms with E-state index in [-0.39, 0.29) is 0 Å². The van der Waals surface area contributed by atoms with E-state index >= 15 is 0 Å². The highest BCUT2D eigenvalue weighted by atomic mass is 14.2. The first-order valence-corrected chi connectivity index (χ1v) is 8.99. The maximum Gasteiger partial charge on any atom is -0.0233 e. The second-order valence-corrected chi connectivity index (χ2v) is 6.57. The molecular formula is C19H36. The van der Waals surface area contributed by atoms with Gasteiger partial charge >= 0.3 is 0 Å². The van der Waals surface area contributed by atoms with Crippen molar-refractivity contribution >= 4 is 0 Å². The van der Waals surface area contributed by atoms with Crippen molar-refractivity contribution in [3.05, 3.63) is 12.2 Å². The summed E-state index contributed by atoms with van der Waals surface area (Å²) < 4.78 is 0. The molecule has 0 aromatic heterocycles. The Bertz CT molecular complexity index is 208. The zero-order chi connectivity index (χ0) is 13.8. The van der Waals surface area contributed by atoms with E-state index in [1.54, 1.807) is 0 Å². The Hall–Kier alpha value is -0.260. The Labute approximate surface area is 122 Å². The van der Waals surface area contributed by atoms with Gasteiger partial charge in [-0.2, -0.15) is 0 Å². The Morgan fingerprint density at radius 2 is 1.37 bits per heavy atom. The molecule has 0 aliphatic heterocycles. The maximum absolute atomic E-state index is 2.42. The Balaban J connectivity index is 1.88. The predicted molar refractivity (Wildman–Crippen MR) is 87.5 cm³/mol. The van der Waals surface area contributed by atoms with E-state index in [0.717, 1.165) is 11.8 Å². The van der Waals surface area contributed by atoms with E-state index < -0.39 is 0 Å². The van der Waals surface area contributed by atoms with Crippen LogP contribution in [-0.4, -0.2) is 0 Å². The minimum Gasteiger partial charge on any atom is -0.0914 e. The van der Waals surface area contributed by atoms with Crippen molar-refractivity contribution in [2.24, 2.45) is 11.8 Å². The summed E-state index contributed by atoms with van der Waals surface area (Å²) in [6.45, 7) is 4.46. The van der Waals surface area contributed by atoms with E-state index in [2.05, 4.69) is 26.0 Å². The molecule has 1 saturated carbocycles. The Morgan fingerprint density at radius 3 is 1.95 bits per heavy atom. The molecule has 0 unspecified atom stereocenters. The van der Waals surface area contributed by atoms with Crippen LogP contribution in [-0.2, 0) is 0 Å². The van der Waals surface area contributed by atoms with Crippen molar-refractivity contribution in [1.82, 2.24) is 0 Å². The van der Waals surface area contributed by atoms with Gasteiger partial charge in [0.1, 0.15) is 0 Å². The van der Waals surface area contributed by atoms with Gasteiger partial charge in [-0.3, -0.25) is 0 Å². The van der Waals surface area contributed by atoms with Gasteiger partial charge < -0.3 is 0 Å². The van der Waals surface area contributed by atoms with Crippen LogP contribution in [0.4, 0.5) is 0 Å². The number of unbranched alkanes of at least 4 members (excludes halogenated alkanes) is 7. The number of hydrogen-bond donors (Lipinski definition) is 0. The molecule has 0 bridgehead atoms. The van der Waals surface area contributed by atoms with Crippen molar-refractivity contribution in [2.75, 3.05) is 0 Å². The summed E-state index contributed by atoms with van der Waals surface area (Å²) in [4.78, 5) is 0. The highest BCUT2D eigenvalue weighted by molar-refractivity contribution is 4.88. The lowest BCUT2D eigenvalue weighted by atomic mass is 9.79. The molecule has 0 N–H and O–H groups in total. The number of allylic oxidation sites excluding steroid dienone is 2. The number of hydrogen-bond acceptors (Lipinski definition) is 0. The van der Waals surface area contributed by atoms with E-state index in [9.17, 15) is 0 Å². The van der Waals surface area contributed by atoms with Crippen molar-refractivity contribution in [3.8, 4) is 0 Å². The molecule has 19 heavy (non-hydrogen) atoms. The van der Waals surface area contributed by atoms with Gasteiger partial charge in [0, 0.05) is 0 Å². The van der Waals surface area contributed by atoms with E-state index in [0.29, 0.717) is 0 Å². The van der Waals surface area contributed by atoms with Gasteiger partial charge in [-0.25, -0.2) is 0 Å². The Kier molecular flexibility index (Phi) is 10.2. The largest absolute Gasteiger partial charge is 0.0914 e. The zero-order valence-corrected chi connectivity index (χ0v) is 13.5. The molecule has 112 valence electrons. The molecule has 0 aromatic carbocycles. The molecule has 0 atom stereocenters. The third-order valence-electron chi connectivity index (χ3n) is 4.82. The van der Waals surface area contributed by atoms with Gasteiger partial charge in [0.05, 0.1) is 0 Å². The third-order valence-corrected chi connectivity index (χ3v) is 4.82. The smallest absolute Gasteiger partial charge is 0.0233 e. The van der Waals surface area contributed by atoms with Crippen LogP contribution in [0, 0.1) is 11.8 Å². The van der Waals surface area contributed by atoms with Crippen LogP contribution >= 0.6 is 0 Å². The first-order chi connectivity index (χ1) is 9.36. The van der Waals surface area contributed by atoms with Gasteiger partial charge in [0.25, 0.3) is 0 Å². The van der Waals surface area contributed by atoms with Crippen LogP contribution in [0.2, 0.25) is 0 Å². The second-order valence-electron chi connectivity index (χ2n) is 6.57. The van der Waals surface area contributed by atoms with Gasteiger partial charge in [0.2, 0.25) is 0 Å². The summed E-state index contributed by atoms with van der Waals surface area (Å²) in [5.74, 6) is 1.96. The molecule has 0 heterocycles. The van der Waals surface area contributed by atoms with Crippen molar-refractivity contribution in [3.63, 3.8) is 0 Å². The SMILES string of the molecule is C/C=C/C1CCC(CCCCCCCCCC)CC1. The standard InChI is InChI=1S/C19H36/c1-3-5-6-7-8-9-10-11-13-19-16-14-18(12-4-2)15-17-19/h4,12,18-19H,3,5-11,13-17H2,1-2H3/b12-4+. The highest BCUT2D eigenvalue weighted by Crippen LogP contribution is 2.32. The maximum atomic E-state index is 2.42. The van der Waals surface area contributed by atoms with Crippen molar-refractivity contribution in [1.29, 1.82) is 0 Å². The normalized spacial score (nSPS) is 24.1. The summed E-state index contributed by atoms with van der Waals surface area (Å²) in [6.07, 6.45) is 23.8. The molecule has 1 aliphatic carbocycles. The van der Waals surface area contributed by atoms with E-state index in [1.807, 2.05) is 0 Å². The van der Waals surface area contributed by atoms with Crippen LogP contribution in [0.3, 0.4) is 0 Å². The summed E-state index contributed by atoms with van der Waals surface area (Å²) in [5, 5.41) is 0. The van der Waals surface area contributed by atoms with Crippen LogP contribution < -0.4 is 0 Å². The quantitative estimate of drug-likeness (QED) is 0.297. The lowest BCUT2D eigenvalue weighted by molar-refractivity contribution is 0.288. The van der Waals surface area contributed by atoms with E-state index in [4.69, 9.17) is 0 Å². The lowest BCUT2D eigenvalue weighted by Crippen LogP contribution is -2.12. The average molecular weight is 264 g/mol. The minimum atomic E-state index is 0.903. The van der Waals surface area contributed by atoms with Crippen molar-refractivity contribution < 1.29 is 0 Å². The first kappa shape index (κ1) is 16.8. The van der Waals surface area contributed by atoms with Crippen LogP contribution in [0.15, 0.2) is 12.2 Å². The highest BCUT2D eigenvalue weighted by Gasteiger charge is 2.18. The monoisotopic (exact) mass is 264 g/mol. The fourth-order valence-electron chi connectivity index (χ4n) is 3.51. The average Bonchev–Trinajstić information content (AvgIpc) is 2.44. The molecule has 0 spiro atoms. The van der Waals surface area contributed by atoms with Crippen LogP contribution in [0.1, 0.15) is 97.3 Å². The molecule has 0 amide bonds. The summed E-state index contributed by atoms with van der Waals surface area (Å²) >= 11 is 0. The van der Waals surface area contributed by atoms with Crippen LogP contribution in [0.5, 0.6) is 0 Å². The topological polar surface area (TPSA) is 0 Å². The lowest BCUT2D eigenvalue weighted by Gasteiger charge is -2.26. The van der Waals surface area contributed by atoms with Gasteiger partial charge in [-0.1, -0.05) is 76.9 Å². The van der Waals surface area contributed by atoms with Gasteiger partial charge in [0.15, 0.2) is 0 Å². The molecule has 0 radical (unpaired) electrons. The molecule has 1 rings (SSSR count). The third kappa shape index (κ3) is 8.50. The van der Waals surface area contributed by atoms with Gasteiger partial charge in [-0.15, -0.1) is 0 Å². The Morgan fingerprint density at radius 1 is 0.789 bits per heavy atom. The molecule has 0 aromatic rings. The first-order valence-electron chi connectivity index (χ1n) is 8.99. The minimum absolute atomic E-state index is 0.903. The fourth-order valence-corrected chi connectivity index (χ4v) is 3.51. The molecule has 0 nitrogen and oxygen atoms in total. The molecule has 0 heteroatoms. The molecular weight excluding hydrogens is 228 g/mol. The number of rotatable bonds is 10. The van der Waals surface area contributed by atoms with Gasteiger partial charge in [-0.05, 0) is 44.4 Å². The fraction of sp³-hybridized carbons (Fsp3) is 0.895. The predicted octanol–water partition coefficient (Wildman–Crippen LogP) is 6.90. The summed E-state index contributed by atoms with van der Waals surface area (Å²) in [5.41, 5.74) is 0. The van der Waals surface area contributed by atoms with Crippen molar-refractivity contribution in [2.45, 2.75) is 97.3 Å². The van der Waals surface area contributed by atoms with E-state index in [1.165, 1.54) is 83.5 Å². The zero-order valence-electron chi connectivity index (χ0n) is 13.5. The summed E-state index contributed by atoms with van der Waals surface area (Å²) in [6, 6.07) is 0. The second kappa shape index (κ2) is 11.6. The molecule has 1 aliphatic rings. The molecule has 1 fully saturated rings. The summed E-state index contributed by atoms with van der Waals surface area (Å²) in [7, 11) is 0. The van der Waals surface area contributed by atoms with Crippen LogP contribution in [0.25, 0.3) is 0 Å². The molecule has 0 saturated heterocycles.